The van der Waals surface area contributed by atoms with Crippen LogP contribution in [0.5, 0.6) is 0 Å². The lowest BCUT2D eigenvalue weighted by Gasteiger charge is -1.98. The van der Waals surface area contributed by atoms with Gasteiger partial charge in [0.25, 0.3) is 0 Å². The minimum atomic E-state index is 0.530. The summed E-state index contributed by atoms with van der Waals surface area (Å²) in [5.74, 6) is 1.73. The molecule has 0 aliphatic carbocycles. The molecule has 0 fully saturated rings. The molecule has 4 nitrogen and oxygen atoms in total. The second kappa shape index (κ2) is 18.9. The summed E-state index contributed by atoms with van der Waals surface area (Å²) < 4.78 is 0. The molecule has 2 aromatic heterocycles. The van der Waals surface area contributed by atoms with Crippen molar-refractivity contribution in [2.45, 2.75) is 81.1 Å². The van der Waals surface area contributed by atoms with Crippen LogP contribution in [0.2, 0.25) is 0 Å². The number of nitrogens with zero attached hydrogens (tertiary/aromatic N) is 4. The zero-order valence-corrected chi connectivity index (χ0v) is 21.1. The molecule has 160 valence electrons. The molecule has 3 heterocycles. The van der Waals surface area contributed by atoms with E-state index < -0.39 is 0 Å². The summed E-state index contributed by atoms with van der Waals surface area (Å²) in [6.07, 6.45) is 6.04. The van der Waals surface area contributed by atoms with Gasteiger partial charge in [0.1, 0.15) is 10.5 Å². The second-order valence-electron chi connectivity index (χ2n) is 6.28. The summed E-state index contributed by atoms with van der Waals surface area (Å²) in [6.45, 7) is 21.7. The van der Waals surface area contributed by atoms with Gasteiger partial charge in [-0.1, -0.05) is 75.3 Å². The van der Waals surface area contributed by atoms with Crippen LogP contribution in [0.15, 0.2) is 34.2 Å². The molecule has 6 heteroatoms. The van der Waals surface area contributed by atoms with E-state index in [0.29, 0.717) is 17.8 Å². The van der Waals surface area contributed by atoms with Crippen molar-refractivity contribution in [1.29, 1.82) is 0 Å². The summed E-state index contributed by atoms with van der Waals surface area (Å²) in [7, 11) is 0. The van der Waals surface area contributed by atoms with Crippen molar-refractivity contribution in [1.82, 2.24) is 15.2 Å². The Hall–Kier alpha value is -1.40. The van der Waals surface area contributed by atoms with Crippen molar-refractivity contribution in [3.8, 4) is 0 Å². The van der Waals surface area contributed by atoms with E-state index >= 15 is 0 Å². The lowest BCUT2D eigenvalue weighted by Crippen LogP contribution is -2.00. The van der Waals surface area contributed by atoms with Gasteiger partial charge in [-0.3, -0.25) is 4.99 Å². The van der Waals surface area contributed by atoms with Gasteiger partial charge in [0.05, 0.1) is 11.6 Å². The van der Waals surface area contributed by atoms with Gasteiger partial charge in [-0.25, -0.2) is 4.98 Å². The first-order chi connectivity index (χ1) is 13.4. The van der Waals surface area contributed by atoms with E-state index in [0.717, 1.165) is 11.6 Å². The second-order valence-corrected chi connectivity index (χ2v) is 8.07. The SMILES string of the molecule is CC.CC.CC(C)C1=NCC=C1.CC(C)c1nccs1.CC(C)c1nncs1. The van der Waals surface area contributed by atoms with Gasteiger partial charge in [-0.15, -0.1) is 32.9 Å². The predicted molar refractivity (Wildman–Crippen MR) is 129 cm³/mol. The Kier molecular flexibility index (Phi) is 19.5. The third-order valence-electron chi connectivity index (χ3n) is 3.08. The number of aromatic nitrogens is 3. The number of hydrogen-bond acceptors (Lipinski definition) is 6. The van der Waals surface area contributed by atoms with Crippen LogP contribution in [0.1, 0.15) is 91.1 Å². The van der Waals surface area contributed by atoms with Crippen LogP contribution in [0, 0.1) is 5.92 Å². The summed E-state index contributed by atoms with van der Waals surface area (Å²) >= 11 is 3.33. The topological polar surface area (TPSA) is 51.0 Å². The van der Waals surface area contributed by atoms with Crippen LogP contribution in [-0.4, -0.2) is 27.4 Å². The fourth-order valence-corrected chi connectivity index (χ4v) is 2.94. The third kappa shape index (κ3) is 13.7. The van der Waals surface area contributed by atoms with Crippen molar-refractivity contribution >= 4 is 28.4 Å². The summed E-state index contributed by atoms with van der Waals surface area (Å²) in [5.41, 5.74) is 3.00. The standard InChI is InChI=1S/C7H11N.C6H9NS.C5H8N2S.2C2H6/c1-6(2)7-4-3-5-8-7;1-5(2)6-7-3-4-8-6;1-4(2)5-7-6-3-8-5;2*1-2/h3-4,6H,5H2,1-2H3;3-5H,1-2H3;3-4H,1-2H3;2*1-2H3. The number of rotatable bonds is 3. The average Bonchev–Trinajstić information content (AvgIpc) is 3.49. The molecule has 28 heavy (non-hydrogen) atoms. The zero-order valence-electron chi connectivity index (χ0n) is 19.4. The van der Waals surface area contributed by atoms with Crippen molar-refractivity contribution in [2.75, 3.05) is 6.54 Å². The van der Waals surface area contributed by atoms with Crippen molar-refractivity contribution in [2.24, 2.45) is 10.9 Å². The average molecular weight is 425 g/mol. The predicted octanol–water partition coefficient (Wildman–Crippen LogP) is 7.63. The Morgan fingerprint density at radius 3 is 1.64 bits per heavy atom. The van der Waals surface area contributed by atoms with Crippen LogP contribution >= 0.6 is 22.7 Å². The maximum absolute atomic E-state index is 4.24. The lowest BCUT2D eigenvalue weighted by atomic mass is 10.1. The normalized spacial score (nSPS) is 11.4. The quantitative estimate of drug-likeness (QED) is 0.509. The van der Waals surface area contributed by atoms with Gasteiger partial charge in [-0.2, -0.15) is 0 Å². The molecule has 0 atom stereocenters. The fraction of sp³-hybridized carbons (Fsp3) is 0.636. The van der Waals surface area contributed by atoms with Crippen LogP contribution in [0.3, 0.4) is 0 Å². The Balaban J connectivity index is 0. The van der Waals surface area contributed by atoms with Crippen molar-refractivity contribution in [3.05, 3.63) is 39.3 Å². The van der Waals surface area contributed by atoms with Gasteiger partial charge in [-0.05, 0) is 12.0 Å². The molecule has 0 radical (unpaired) electrons. The first kappa shape index (κ1) is 28.8. The largest absolute Gasteiger partial charge is 0.285 e. The van der Waals surface area contributed by atoms with Gasteiger partial charge in [0, 0.05) is 29.1 Å². The van der Waals surface area contributed by atoms with E-state index in [1.54, 1.807) is 28.2 Å². The van der Waals surface area contributed by atoms with Gasteiger partial charge in [0.2, 0.25) is 0 Å². The van der Waals surface area contributed by atoms with Gasteiger partial charge in [0.15, 0.2) is 0 Å². The summed E-state index contributed by atoms with van der Waals surface area (Å²) in [6, 6.07) is 0. The molecule has 0 amide bonds. The highest BCUT2D eigenvalue weighted by Crippen LogP contribution is 2.15. The van der Waals surface area contributed by atoms with Crippen LogP contribution in [-0.2, 0) is 0 Å². The van der Waals surface area contributed by atoms with E-state index in [9.17, 15) is 0 Å². The molecule has 0 bridgehead atoms. The van der Waals surface area contributed by atoms with Crippen molar-refractivity contribution in [3.63, 3.8) is 0 Å². The van der Waals surface area contributed by atoms with E-state index in [1.165, 1.54) is 10.7 Å². The molecule has 0 spiro atoms. The molecule has 1 aliphatic rings. The number of thiazole rings is 1. The molecular formula is C22H40N4S2. The lowest BCUT2D eigenvalue weighted by molar-refractivity contribution is 0.825. The Morgan fingerprint density at radius 1 is 0.821 bits per heavy atom. The molecule has 3 rings (SSSR count). The Morgan fingerprint density at radius 2 is 1.43 bits per heavy atom. The fourth-order valence-electron chi connectivity index (χ4n) is 1.71. The van der Waals surface area contributed by atoms with E-state index in [-0.39, 0.29) is 0 Å². The molecular weight excluding hydrogens is 384 g/mol. The number of aliphatic imine (C=N–C) groups is 1. The highest BCUT2D eigenvalue weighted by atomic mass is 32.1. The molecule has 0 saturated heterocycles. The first-order valence-corrected chi connectivity index (χ1v) is 12.0. The Bertz CT molecular complexity index is 560. The van der Waals surface area contributed by atoms with Crippen molar-refractivity contribution < 1.29 is 0 Å². The zero-order chi connectivity index (χ0) is 21.9. The minimum Gasteiger partial charge on any atom is -0.285 e. The first-order valence-electron chi connectivity index (χ1n) is 10.3. The van der Waals surface area contributed by atoms with E-state index in [2.05, 4.69) is 73.9 Å². The third-order valence-corrected chi connectivity index (χ3v) is 5.15. The highest BCUT2D eigenvalue weighted by Gasteiger charge is 2.02. The minimum absolute atomic E-state index is 0.530. The van der Waals surface area contributed by atoms with Crippen LogP contribution < -0.4 is 0 Å². The van der Waals surface area contributed by atoms with Gasteiger partial charge < -0.3 is 0 Å². The maximum atomic E-state index is 4.24. The molecule has 2 aromatic rings. The molecule has 1 aliphatic heterocycles. The van der Waals surface area contributed by atoms with E-state index in [4.69, 9.17) is 0 Å². The maximum Gasteiger partial charge on any atom is 0.119 e. The highest BCUT2D eigenvalue weighted by molar-refractivity contribution is 7.09. The van der Waals surface area contributed by atoms with Gasteiger partial charge >= 0.3 is 0 Å². The molecule has 0 N–H and O–H groups in total. The molecule has 0 aromatic carbocycles. The van der Waals surface area contributed by atoms with Crippen LogP contribution in [0.25, 0.3) is 0 Å². The smallest absolute Gasteiger partial charge is 0.119 e. The van der Waals surface area contributed by atoms with Crippen LogP contribution in [0.4, 0.5) is 0 Å². The molecule has 0 saturated carbocycles. The van der Waals surface area contributed by atoms with E-state index in [1.807, 2.05) is 39.3 Å². The summed E-state index contributed by atoms with van der Waals surface area (Å²) in [5, 5.41) is 11.9. The number of allylic oxidation sites excluding steroid dienone is 1. The monoisotopic (exact) mass is 424 g/mol. The number of hydrogen-bond donors (Lipinski definition) is 0. The Labute approximate surface area is 181 Å². The molecule has 0 unspecified atom stereocenters. The summed E-state index contributed by atoms with van der Waals surface area (Å²) in [4.78, 5) is 8.38.